The van der Waals surface area contributed by atoms with Crippen LogP contribution >= 0.6 is 0 Å². The second-order valence-corrected chi connectivity index (χ2v) is 2.71. The highest BCUT2D eigenvalue weighted by atomic mass is 16.2. The van der Waals surface area contributed by atoms with Crippen LogP contribution in [-0.2, 0) is 11.8 Å². The van der Waals surface area contributed by atoms with E-state index in [2.05, 4.69) is 5.32 Å². The minimum absolute atomic E-state index is 0.131. The van der Waals surface area contributed by atoms with E-state index in [1.165, 1.54) is 0 Å². The number of nitrogens with zero attached hydrogens (tertiary/aromatic N) is 1. The molecule has 2 amide bonds. The Kier molecular flexibility index (Phi) is 2.69. The number of hydrogen-bond acceptors (Lipinski definition) is 2. The first-order chi connectivity index (χ1) is 6.09. The number of amides is 2. The molecule has 0 unspecified atom stereocenters. The molecule has 0 spiro atoms. The summed E-state index contributed by atoms with van der Waals surface area (Å²) in [7, 11) is 1.81. The molecule has 70 valence electrons. The van der Waals surface area contributed by atoms with Crippen molar-refractivity contribution in [1.29, 1.82) is 0 Å². The van der Waals surface area contributed by atoms with Crippen LogP contribution < -0.4 is 11.1 Å². The van der Waals surface area contributed by atoms with Crippen molar-refractivity contribution in [2.45, 2.75) is 0 Å². The van der Waals surface area contributed by atoms with Crippen molar-refractivity contribution < 1.29 is 9.59 Å². The molecule has 1 heterocycles. The van der Waals surface area contributed by atoms with Gasteiger partial charge in [-0.2, -0.15) is 0 Å². The summed E-state index contributed by atoms with van der Waals surface area (Å²) in [6.45, 7) is -0.131. The summed E-state index contributed by atoms with van der Waals surface area (Å²) in [5, 5.41) is 2.38. The molecule has 0 aliphatic carbocycles. The lowest BCUT2D eigenvalue weighted by molar-refractivity contribution is -0.117. The topological polar surface area (TPSA) is 77.1 Å². The van der Waals surface area contributed by atoms with E-state index in [0.29, 0.717) is 5.56 Å². The third-order valence-electron chi connectivity index (χ3n) is 1.52. The van der Waals surface area contributed by atoms with E-state index in [4.69, 9.17) is 5.73 Å². The minimum atomic E-state index is -0.552. The van der Waals surface area contributed by atoms with Crippen molar-refractivity contribution in [1.82, 2.24) is 9.88 Å². The second-order valence-electron chi connectivity index (χ2n) is 2.71. The van der Waals surface area contributed by atoms with Gasteiger partial charge in [-0.1, -0.05) is 0 Å². The van der Waals surface area contributed by atoms with Crippen LogP contribution in [0, 0.1) is 0 Å². The maximum atomic E-state index is 11.2. The predicted octanol–water partition coefficient (Wildman–Crippen LogP) is -0.760. The maximum absolute atomic E-state index is 11.2. The average molecular weight is 181 g/mol. The molecule has 0 fully saturated rings. The fraction of sp³-hybridized carbons (Fsp3) is 0.250. The molecule has 0 aliphatic heterocycles. The summed E-state index contributed by atoms with van der Waals surface area (Å²) in [6.07, 6.45) is 3.41. The number of rotatable bonds is 3. The van der Waals surface area contributed by atoms with Gasteiger partial charge in [-0.25, -0.2) is 0 Å². The standard InChI is InChI=1S/C8H11N3O2/c1-11-3-2-6(5-11)8(13)10-4-7(9)12/h2-3,5H,4H2,1H3,(H2,9,12)(H,10,13). The molecule has 1 aromatic heterocycles. The maximum Gasteiger partial charge on any atom is 0.253 e. The number of nitrogens with two attached hydrogens (primary N) is 1. The summed E-state index contributed by atoms with van der Waals surface area (Å²) in [6, 6.07) is 1.66. The van der Waals surface area contributed by atoms with Crippen LogP contribution in [0.5, 0.6) is 0 Å². The number of carbonyl (C=O) groups excluding carboxylic acids is 2. The first-order valence-corrected chi connectivity index (χ1v) is 3.78. The van der Waals surface area contributed by atoms with Gasteiger partial charge in [0.1, 0.15) is 0 Å². The zero-order valence-corrected chi connectivity index (χ0v) is 7.28. The molecule has 0 aliphatic rings. The van der Waals surface area contributed by atoms with Crippen LogP contribution in [0.25, 0.3) is 0 Å². The van der Waals surface area contributed by atoms with E-state index in [9.17, 15) is 9.59 Å². The molecule has 0 saturated heterocycles. The zero-order valence-electron chi connectivity index (χ0n) is 7.28. The molecule has 0 atom stereocenters. The van der Waals surface area contributed by atoms with Gasteiger partial charge < -0.3 is 15.6 Å². The molecule has 0 bridgehead atoms. The second kappa shape index (κ2) is 3.75. The Morgan fingerprint density at radius 3 is 2.77 bits per heavy atom. The van der Waals surface area contributed by atoms with Crippen LogP contribution in [0.15, 0.2) is 18.5 Å². The molecule has 1 aromatic rings. The Morgan fingerprint density at radius 1 is 1.62 bits per heavy atom. The van der Waals surface area contributed by atoms with Crippen molar-refractivity contribution in [2.75, 3.05) is 6.54 Å². The summed E-state index contributed by atoms with van der Waals surface area (Å²) in [5.41, 5.74) is 5.38. The lowest BCUT2D eigenvalue weighted by atomic mass is 10.3. The van der Waals surface area contributed by atoms with Crippen molar-refractivity contribution in [3.63, 3.8) is 0 Å². The van der Waals surface area contributed by atoms with Crippen molar-refractivity contribution >= 4 is 11.8 Å². The van der Waals surface area contributed by atoms with Gasteiger partial charge in [-0.05, 0) is 6.07 Å². The van der Waals surface area contributed by atoms with Crippen LogP contribution in [0.4, 0.5) is 0 Å². The van der Waals surface area contributed by atoms with Crippen LogP contribution in [0.2, 0.25) is 0 Å². The van der Waals surface area contributed by atoms with Crippen molar-refractivity contribution in [3.05, 3.63) is 24.0 Å². The SMILES string of the molecule is Cn1ccc(C(=O)NCC(N)=O)c1. The average Bonchev–Trinajstić information content (AvgIpc) is 2.47. The van der Waals surface area contributed by atoms with Gasteiger partial charge >= 0.3 is 0 Å². The van der Waals surface area contributed by atoms with E-state index in [0.717, 1.165) is 0 Å². The molecule has 0 radical (unpaired) electrons. The molecule has 5 heteroatoms. The normalized spacial score (nSPS) is 9.62. The van der Waals surface area contributed by atoms with Crippen LogP contribution in [-0.4, -0.2) is 22.9 Å². The molecule has 1 rings (SSSR count). The summed E-state index contributed by atoms with van der Waals surface area (Å²) in [4.78, 5) is 21.6. The number of aryl methyl sites for hydroxylation is 1. The molecular formula is C8H11N3O2. The Morgan fingerprint density at radius 2 is 2.31 bits per heavy atom. The fourth-order valence-corrected chi connectivity index (χ4v) is 0.907. The highest BCUT2D eigenvalue weighted by Crippen LogP contribution is 1.98. The summed E-state index contributed by atoms with van der Waals surface area (Å²) >= 11 is 0. The van der Waals surface area contributed by atoms with Gasteiger partial charge in [0, 0.05) is 19.4 Å². The van der Waals surface area contributed by atoms with E-state index in [1.54, 1.807) is 23.0 Å². The monoisotopic (exact) mass is 181 g/mol. The van der Waals surface area contributed by atoms with E-state index < -0.39 is 5.91 Å². The van der Waals surface area contributed by atoms with E-state index >= 15 is 0 Å². The molecule has 3 N–H and O–H groups in total. The van der Waals surface area contributed by atoms with E-state index in [1.807, 2.05) is 7.05 Å². The molecule has 0 aromatic carbocycles. The third-order valence-corrected chi connectivity index (χ3v) is 1.52. The Labute approximate surface area is 75.5 Å². The Hall–Kier alpha value is -1.78. The number of primary amides is 1. The molecule has 0 saturated carbocycles. The number of aromatic nitrogens is 1. The minimum Gasteiger partial charge on any atom is -0.368 e. The summed E-state index contributed by atoms with van der Waals surface area (Å²) < 4.78 is 1.75. The molecule has 5 nitrogen and oxygen atoms in total. The smallest absolute Gasteiger partial charge is 0.253 e. The lowest BCUT2D eigenvalue weighted by Gasteiger charge is -1.98. The van der Waals surface area contributed by atoms with Crippen LogP contribution in [0.1, 0.15) is 10.4 Å². The van der Waals surface area contributed by atoms with Gasteiger partial charge in [-0.15, -0.1) is 0 Å². The zero-order chi connectivity index (χ0) is 9.84. The van der Waals surface area contributed by atoms with Gasteiger partial charge in [0.05, 0.1) is 12.1 Å². The van der Waals surface area contributed by atoms with Gasteiger partial charge in [0.2, 0.25) is 5.91 Å². The van der Waals surface area contributed by atoms with Gasteiger partial charge in [0.15, 0.2) is 0 Å². The quantitative estimate of drug-likeness (QED) is 0.643. The molecular weight excluding hydrogens is 170 g/mol. The Balaban J connectivity index is 2.54. The highest BCUT2D eigenvalue weighted by molar-refractivity contribution is 5.96. The largest absolute Gasteiger partial charge is 0.368 e. The number of hydrogen-bond donors (Lipinski definition) is 2. The van der Waals surface area contributed by atoms with Crippen molar-refractivity contribution in [2.24, 2.45) is 12.8 Å². The lowest BCUT2D eigenvalue weighted by Crippen LogP contribution is -2.33. The highest BCUT2D eigenvalue weighted by Gasteiger charge is 2.06. The first kappa shape index (κ1) is 9.31. The third kappa shape index (κ3) is 2.62. The number of nitrogens with one attached hydrogen (secondary N) is 1. The van der Waals surface area contributed by atoms with Gasteiger partial charge in [-0.3, -0.25) is 9.59 Å². The van der Waals surface area contributed by atoms with E-state index in [-0.39, 0.29) is 12.5 Å². The van der Waals surface area contributed by atoms with Crippen LogP contribution in [0.3, 0.4) is 0 Å². The van der Waals surface area contributed by atoms with Crippen molar-refractivity contribution in [3.8, 4) is 0 Å². The first-order valence-electron chi connectivity index (χ1n) is 3.78. The number of carbonyl (C=O) groups is 2. The van der Waals surface area contributed by atoms with Gasteiger partial charge in [0.25, 0.3) is 5.91 Å². The molecule has 13 heavy (non-hydrogen) atoms. The fourth-order valence-electron chi connectivity index (χ4n) is 0.907. The summed E-state index contributed by atoms with van der Waals surface area (Å²) in [5.74, 6) is -0.844. The Bertz CT molecular complexity index is 330. The predicted molar refractivity (Wildman–Crippen MR) is 46.9 cm³/mol.